The van der Waals surface area contributed by atoms with Gasteiger partial charge in [0.05, 0.1) is 11.3 Å². The lowest BCUT2D eigenvalue weighted by Gasteiger charge is -2.11. The van der Waals surface area contributed by atoms with Gasteiger partial charge in [-0.15, -0.1) is 5.10 Å². The Kier molecular flexibility index (Phi) is 4.38. The first-order valence-corrected chi connectivity index (χ1v) is 7.04. The van der Waals surface area contributed by atoms with Crippen LogP contribution in [-0.2, 0) is 4.79 Å². The summed E-state index contributed by atoms with van der Waals surface area (Å²) in [5.41, 5.74) is 0. The van der Waals surface area contributed by atoms with Crippen molar-refractivity contribution in [1.29, 1.82) is 0 Å². The lowest BCUT2D eigenvalue weighted by molar-refractivity contribution is -0.115. The Morgan fingerprint density at radius 2 is 2.20 bits per heavy atom. The topological polar surface area (TPSA) is 98.7 Å². The highest BCUT2D eigenvalue weighted by Crippen LogP contribution is 2.23. The van der Waals surface area contributed by atoms with Gasteiger partial charge in [-0.05, 0) is 38.1 Å². The molecule has 1 N–H and O–H groups in total. The molecule has 0 aliphatic rings. The van der Waals surface area contributed by atoms with Gasteiger partial charge in [-0.1, -0.05) is 16.9 Å². The second kappa shape index (κ2) is 6.04. The van der Waals surface area contributed by atoms with E-state index in [9.17, 15) is 4.79 Å². The standard InChI is InChI=1S/C11H16N6O2S/c1-6(2)17-11(13-15-16-17)20-8(4)10(18)12-9-5-7(3)19-14-9/h5-6,8H,1-4H3,(H,12,14,18). The van der Waals surface area contributed by atoms with Crippen LogP contribution in [0, 0.1) is 6.92 Å². The number of thioether (sulfide) groups is 1. The number of aromatic nitrogens is 5. The molecule has 2 aromatic rings. The van der Waals surface area contributed by atoms with Crippen LogP contribution < -0.4 is 5.32 Å². The minimum atomic E-state index is -0.351. The zero-order chi connectivity index (χ0) is 14.7. The van der Waals surface area contributed by atoms with Gasteiger partial charge in [-0.3, -0.25) is 4.79 Å². The Labute approximate surface area is 120 Å². The molecule has 1 amide bonds. The first-order chi connectivity index (χ1) is 9.47. The maximum absolute atomic E-state index is 12.0. The van der Waals surface area contributed by atoms with Crippen molar-refractivity contribution in [3.05, 3.63) is 11.8 Å². The smallest absolute Gasteiger partial charge is 0.238 e. The molecule has 2 rings (SSSR count). The van der Waals surface area contributed by atoms with E-state index in [2.05, 4.69) is 26.0 Å². The number of tetrazole rings is 1. The quantitative estimate of drug-likeness (QED) is 0.838. The average molecular weight is 296 g/mol. The summed E-state index contributed by atoms with van der Waals surface area (Å²) in [6.45, 7) is 7.50. The minimum absolute atomic E-state index is 0.140. The van der Waals surface area contributed by atoms with E-state index in [1.54, 1.807) is 24.6 Å². The van der Waals surface area contributed by atoms with Gasteiger partial charge in [0.2, 0.25) is 11.1 Å². The second-order valence-electron chi connectivity index (χ2n) is 4.57. The summed E-state index contributed by atoms with van der Waals surface area (Å²) in [4.78, 5) is 12.0. The van der Waals surface area contributed by atoms with Gasteiger partial charge in [0, 0.05) is 6.07 Å². The van der Waals surface area contributed by atoms with Gasteiger partial charge < -0.3 is 9.84 Å². The summed E-state index contributed by atoms with van der Waals surface area (Å²) in [7, 11) is 0. The maximum atomic E-state index is 12.0. The highest BCUT2D eigenvalue weighted by atomic mass is 32.2. The number of amides is 1. The number of nitrogens with zero attached hydrogens (tertiary/aromatic N) is 5. The fraction of sp³-hybridized carbons (Fsp3) is 0.545. The molecule has 0 saturated carbocycles. The van der Waals surface area contributed by atoms with Gasteiger partial charge in [0.1, 0.15) is 5.76 Å². The fourth-order valence-electron chi connectivity index (χ4n) is 1.45. The number of carbonyl (C=O) groups is 1. The SMILES string of the molecule is Cc1cc(NC(=O)C(C)Sc2nnnn2C(C)C)no1. The Hall–Kier alpha value is -1.90. The Morgan fingerprint density at radius 1 is 1.45 bits per heavy atom. The van der Waals surface area contributed by atoms with Crippen molar-refractivity contribution in [1.82, 2.24) is 25.4 Å². The Bertz CT molecular complexity index is 593. The van der Waals surface area contributed by atoms with Gasteiger partial charge in [0.25, 0.3) is 0 Å². The van der Waals surface area contributed by atoms with Crippen molar-refractivity contribution in [2.24, 2.45) is 0 Å². The fourth-order valence-corrected chi connectivity index (χ4v) is 2.37. The summed E-state index contributed by atoms with van der Waals surface area (Å²) in [5, 5.41) is 18.1. The number of carbonyl (C=O) groups excluding carboxylic acids is 1. The number of anilines is 1. The molecule has 0 saturated heterocycles. The van der Waals surface area contributed by atoms with Gasteiger partial charge in [0.15, 0.2) is 5.82 Å². The van der Waals surface area contributed by atoms with Crippen LogP contribution in [-0.4, -0.2) is 36.5 Å². The normalized spacial score (nSPS) is 12.7. The van der Waals surface area contributed by atoms with Crippen LogP contribution >= 0.6 is 11.8 Å². The zero-order valence-electron chi connectivity index (χ0n) is 11.7. The summed E-state index contributed by atoms with van der Waals surface area (Å²) in [6.07, 6.45) is 0. The van der Waals surface area contributed by atoms with Gasteiger partial charge in [-0.2, -0.15) is 0 Å². The van der Waals surface area contributed by atoms with Crippen molar-refractivity contribution >= 4 is 23.5 Å². The van der Waals surface area contributed by atoms with Crippen LogP contribution in [0.15, 0.2) is 15.7 Å². The predicted octanol–water partition coefficient (Wildman–Crippen LogP) is 1.67. The van der Waals surface area contributed by atoms with E-state index in [1.807, 2.05) is 13.8 Å². The van der Waals surface area contributed by atoms with Gasteiger partial charge >= 0.3 is 0 Å². The highest BCUT2D eigenvalue weighted by molar-refractivity contribution is 8.00. The van der Waals surface area contributed by atoms with Crippen molar-refractivity contribution < 1.29 is 9.32 Å². The summed E-state index contributed by atoms with van der Waals surface area (Å²) < 4.78 is 6.57. The molecule has 8 nitrogen and oxygen atoms in total. The van der Waals surface area contributed by atoms with Crippen LogP contribution in [0.25, 0.3) is 0 Å². The van der Waals surface area contributed by atoms with E-state index in [1.165, 1.54) is 11.8 Å². The number of aryl methyl sites for hydroxylation is 1. The highest BCUT2D eigenvalue weighted by Gasteiger charge is 2.20. The minimum Gasteiger partial charge on any atom is -0.360 e. The third-order valence-corrected chi connectivity index (χ3v) is 3.53. The average Bonchev–Trinajstić information content (AvgIpc) is 2.98. The molecular formula is C11H16N6O2S. The Balaban J connectivity index is 1.98. The largest absolute Gasteiger partial charge is 0.360 e. The van der Waals surface area contributed by atoms with E-state index in [0.717, 1.165) is 0 Å². The Morgan fingerprint density at radius 3 is 2.80 bits per heavy atom. The molecule has 9 heteroatoms. The molecule has 0 bridgehead atoms. The summed E-state index contributed by atoms with van der Waals surface area (Å²) in [5.74, 6) is 0.870. The first-order valence-electron chi connectivity index (χ1n) is 6.16. The molecule has 20 heavy (non-hydrogen) atoms. The molecule has 0 spiro atoms. The number of hydrogen-bond donors (Lipinski definition) is 1. The molecule has 108 valence electrons. The molecule has 0 fully saturated rings. The van der Waals surface area contributed by atoms with Crippen molar-refractivity contribution in [3.63, 3.8) is 0 Å². The van der Waals surface area contributed by atoms with E-state index < -0.39 is 0 Å². The molecule has 2 aromatic heterocycles. The molecule has 2 heterocycles. The molecule has 0 aromatic carbocycles. The zero-order valence-corrected chi connectivity index (χ0v) is 12.5. The number of rotatable bonds is 5. The van der Waals surface area contributed by atoms with E-state index >= 15 is 0 Å². The predicted molar refractivity (Wildman–Crippen MR) is 73.4 cm³/mol. The van der Waals surface area contributed by atoms with Crippen LogP contribution in [0.5, 0.6) is 0 Å². The lowest BCUT2D eigenvalue weighted by atomic mass is 10.4. The van der Waals surface area contributed by atoms with Crippen molar-refractivity contribution in [2.45, 2.75) is 44.1 Å². The van der Waals surface area contributed by atoms with E-state index in [0.29, 0.717) is 16.7 Å². The first kappa shape index (κ1) is 14.5. The van der Waals surface area contributed by atoms with Crippen LogP contribution in [0.4, 0.5) is 5.82 Å². The number of hydrogen-bond acceptors (Lipinski definition) is 7. The molecule has 1 unspecified atom stereocenters. The van der Waals surface area contributed by atoms with E-state index in [-0.39, 0.29) is 17.2 Å². The lowest BCUT2D eigenvalue weighted by Crippen LogP contribution is -2.23. The molecule has 0 aliphatic carbocycles. The monoisotopic (exact) mass is 296 g/mol. The van der Waals surface area contributed by atoms with Crippen molar-refractivity contribution in [2.75, 3.05) is 5.32 Å². The molecule has 1 atom stereocenters. The molecule has 0 aliphatic heterocycles. The van der Waals surface area contributed by atoms with Crippen molar-refractivity contribution in [3.8, 4) is 0 Å². The van der Waals surface area contributed by atoms with Crippen LogP contribution in [0.3, 0.4) is 0 Å². The second-order valence-corrected chi connectivity index (χ2v) is 5.88. The summed E-state index contributed by atoms with van der Waals surface area (Å²) in [6, 6.07) is 1.80. The third kappa shape index (κ3) is 3.35. The van der Waals surface area contributed by atoms with E-state index in [4.69, 9.17) is 4.52 Å². The molecule has 0 radical (unpaired) electrons. The molecular weight excluding hydrogens is 280 g/mol. The van der Waals surface area contributed by atoms with Crippen LogP contribution in [0.1, 0.15) is 32.6 Å². The summed E-state index contributed by atoms with van der Waals surface area (Å²) >= 11 is 1.30. The van der Waals surface area contributed by atoms with Gasteiger partial charge in [-0.25, -0.2) is 4.68 Å². The van der Waals surface area contributed by atoms with Crippen LogP contribution in [0.2, 0.25) is 0 Å². The number of nitrogens with one attached hydrogen (secondary N) is 1. The maximum Gasteiger partial charge on any atom is 0.238 e. The third-order valence-electron chi connectivity index (χ3n) is 2.48.